The van der Waals surface area contributed by atoms with Gasteiger partial charge in [0.25, 0.3) is 5.91 Å². The molecular weight excluding hydrogens is 333 g/mol. The molecule has 0 aliphatic carbocycles. The van der Waals surface area contributed by atoms with Gasteiger partial charge in [-0.25, -0.2) is 4.98 Å². The van der Waals surface area contributed by atoms with Gasteiger partial charge in [-0.05, 0) is 18.1 Å². The van der Waals surface area contributed by atoms with Crippen LogP contribution in [0.1, 0.15) is 28.3 Å². The SMILES string of the molecule is CN1C[C@H](c2ccccc2)[C@@]2(CCN(C(=O)c3ccnc(F)c3)C2)C1=O. The summed E-state index contributed by atoms with van der Waals surface area (Å²) in [6.45, 7) is 1.50. The Hall–Kier alpha value is -2.76. The number of carbonyl (C=O) groups excluding carboxylic acids is 2. The van der Waals surface area contributed by atoms with E-state index in [2.05, 4.69) is 4.98 Å². The number of pyridine rings is 1. The number of benzene rings is 1. The summed E-state index contributed by atoms with van der Waals surface area (Å²) in [7, 11) is 1.82. The van der Waals surface area contributed by atoms with E-state index in [9.17, 15) is 14.0 Å². The first kappa shape index (κ1) is 16.7. The summed E-state index contributed by atoms with van der Waals surface area (Å²) in [5.74, 6) is -0.795. The van der Waals surface area contributed by atoms with Crippen molar-refractivity contribution < 1.29 is 14.0 Å². The van der Waals surface area contributed by atoms with E-state index in [1.54, 1.807) is 9.80 Å². The van der Waals surface area contributed by atoms with Crippen molar-refractivity contribution in [3.05, 3.63) is 65.7 Å². The second-order valence-corrected chi connectivity index (χ2v) is 7.15. The first-order valence-corrected chi connectivity index (χ1v) is 8.72. The molecule has 2 amide bonds. The third-order valence-electron chi connectivity index (χ3n) is 5.66. The number of likely N-dealkylation sites (N-methyl/N-ethyl adjacent to an activating group) is 1. The van der Waals surface area contributed by atoms with E-state index >= 15 is 0 Å². The maximum Gasteiger partial charge on any atom is 0.254 e. The minimum atomic E-state index is -0.677. The lowest BCUT2D eigenvalue weighted by Crippen LogP contribution is -2.39. The van der Waals surface area contributed by atoms with Crippen LogP contribution in [0.15, 0.2) is 48.7 Å². The van der Waals surface area contributed by atoms with Crippen molar-refractivity contribution in [2.75, 3.05) is 26.7 Å². The quantitative estimate of drug-likeness (QED) is 0.779. The molecule has 1 aromatic heterocycles. The third kappa shape index (κ3) is 2.57. The maximum absolute atomic E-state index is 13.4. The first-order valence-electron chi connectivity index (χ1n) is 8.72. The average molecular weight is 353 g/mol. The summed E-state index contributed by atoms with van der Waals surface area (Å²) in [5.41, 5.74) is 0.788. The molecule has 0 radical (unpaired) electrons. The number of likely N-dealkylation sites (tertiary alicyclic amines) is 2. The molecule has 1 aromatic carbocycles. The monoisotopic (exact) mass is 353 g/mol. The van der Waals surface area contributed by atoms with Crippen molar-refractivity contribution in [2.24, 2.45) is 5.41 Å². The molecule has 26 heavy (non-hydrogen) atoms. The Balaban J connectivity index is 1.64. The smallest absolute Gasteiger partial charge is 0.254 e. The molecule has 4 rings (SSSR count). The topological polar surface area (TPSA) is 53.5 Å². The Morgan fingerprint density at radius 2 is 2.04 bits per heavy atom. The van der Waals surface area contributed by atoms with Crippen LogP contribution in [0, 0.1) is 11.4 Å². The van der Waals surface area contributed by atoms with E-state index in [1.165, 1.54) is 12.3 Å². The highest BCUT2D eigenvalue weighted by molar-refractivity contribution is 5.96. The van der Waals surface area contributed by atoms with Gasteiger partial charge in [-0.15, -0.1) is 0 Å². The zero-order valence-corrected chi connectivity index (χ0v) is 14.6. The molecule has 3 heterocycles. The molecule has 0 saturated carbocycles. The van der Waals surface area contributed by atoms with Crippen molar-refractivity contribution in [3.8, 4) is 0 Å². The van der Waals surface area contributed by atoms with E-state index in [0.717, 1.165) is 11.6 Å². The minimum absolute atomic E-state index is 0.0492. The van der Waals surface area contributed by atoms with Crippen LogP contribution < -0.4 is 0 Å². The van der Waals surface area contributed by atoms with Gasteiger partial charge < -0.3 is 9.80 Å². The summed E-state index contributed by atoms with van der Waals surface area (Å²) < 4.78 is 13.4. The minimum Gasteiger partial charge on any atom is -0.345 e. The molecule has 2 aromatic rings. The average Bonchev–Trinajstić information content (AvgIpc) is 3.20. The molecule has 0 N–H and O–H groups in total. The fourth-order valence-electron chi connectivity index (χ4n) is 4.35. The van der Waals surface area contributed by atoms with Crippen LogP contribution in [-0.4, -0.2) is 53.3 Å². The van der Waals surface area contributed by atoms with Gasteiger partial charge in [-0.3, -0.25) is 9.59 Å². The number of amides is 2. The molecule has 2 fully saturated rings. The molecule has 2 aliphatic heterocycles. The highest BCUT2D eigenvalue weighted by atomic mass is 19.1. The lowest BCUT2D eigenvalue weighted by atomic mass is 9.73. The molecule has 5 nitrogen and oxygen atoms in total. The predicted molar refractivity (Wildman–Crippen MR) is 94.0 cm³/mol. The van der Waals surface area contributed by atoms with Crippen molar-refractivity contribution in [2.45, 2.75) is 12.3 Å². The van der Waals surface area contributed by atoms with Crippen LogP contribution in [-0.2, 0) is 4.79 Å². The van der Waals surface area contributed by atoms with Gasteiger partial charge in [-0.2, -0.15) is 4.39 Å². The van der Waals surface area contributed by atoms with Gasteiger partial charge in [-0.1, -0.05) is 30.3 Å². The number of carbonyl (C=O) groups is 2. The summed E-state index contributed by atoms with van der Waals surface area (Å²) in [5, 5.41) is 0. The van der Waals surface area contributed by atoms with Crippen LogP contribution in [0.25, 0.3) is 0 Å². The van der Waals surface area contributed by atoms with E-state index in [1.807, 2.05) is 37.4 Å². The largest absolute Gasteiger partial charge is 0.345 e. The third-order valence-corrected chi connectivity index (χ3v) is 5.66. The number of aromatic nitrogens is 1. The lowest BCUT2D eigenvalue weighted by Gasteiger charge is -2.28. The molecule has 2 aliphatic rings. The van der Waals surface area contributed by atoms with Crippen LogP contribution >= 0.6 is 0 Å². The Labute approximate surface area is 151 Å². The van der Waals surface area contributed by atoms with Crippen molar-refractivity contribution in [1.29, 1.82) is 0 Å². The van der Waals surface area contributed by atoms with Gasteiger partial charge >= 0.3 is 0 Å². The van der Waals surface area contributed by atoms with Crippen molar-refractivity contribution in [3.63, 3.8) is 0 Å². The number of hydrogen-bond acceptors (Lipinski definition) is 3. The molecule has 0 unspecified atom stereocenters. The zero-order valence-electron chi connectivity index (χ0n) is 14.6. The van der Waals surface area contributed by atoms with Gasteiger partial charge in [0.15, 0.2) is 0 Å². The van der Waals surface area contributed by atoms with Gasteiger partial charge in [0.05, 0.1) is 5.41 Å². The van der Waals surface area contributed by atoms with Gasteiger partial charge in [0.1, 0.15) is 0 Å². The number of hydrogen-bond donors (Lipinski definition) is 0. The Morgan fingerprint density at radius 3 is 2.77 bits per heavy atom. The Kier molecular flexibility index (Phi) is 3.98. The molecular formula is C20H20FN3O2. The van der Waals surface area contributed by atoms with Crippen molar-refractivity contribution >= 4 is 11.8 Å². The van der Waals surface area contributed by atoms with E-state index in [0.29, 0.717) is 26.1 Å². The fourth-order valence-corrected chi connectivity index (χ4v) is 4.35. The molecule has 2 saturated heterocycles. The lowest BCUT2D eigenvalue weighted by molar-refractivity contribution is -0.134. The van der Waals surface area contributed by atoms with Crippen LogP contribution in [0.2, 0.25) is 0 Å². The highest BCUT2D eigenvalue weighted by Crippen LogP contribution is 2.49. The molecule has 1 spiro atoms. The Bertz CT molecular complexity index is 857. The highest BCUT2D eigenvalue weighted by Gasteiger charge is 2.57. The number of rotatable bonds is 2. The zero-order chi connectivity index (χ0) is 18.3. The standard InChI is InChI=1S/C20H20FN3O2/c1-23-12-16(14-5-3-2-4-6-14)20(19(23)26)8-10-24(13-20)18(25)15-7-9-22-17(21)11-15/h2-7,9,11,16H,8,10,12-13H2,1H3/t16-,20+/m1/s1. The summed E-state index contributed by atoms with van der Waals surface area (Å²) >= 11 is 0. The van der Waals surface area contributed by atoms with Crippen molar-refractivity contribution in [1.82, 2.24) is 14.8 Å². The van der Waals surface area contributed by atoms with Crippen LogP contribution in [0.5, 0.6) is 0 Å². The van der Waals surface area contributed by atoms with E-state index in [-0.39, 0.29) is 23.3 Å². The van der Waals surface area contributed by atoms with Crippen LogP contribution in [0.3, 0.4) is 0 Å². The maximum atomic E-state index is 13.4. The predicted octanol–water partition coefficient (Wildman–Crippen LogP) is 2.31. The normalized spacial score (nSPS) is 25.3. The molecule has 6 heteroatoms. The number of halogens is 1. The van der Waals surface area contributed by atoms with E-state index in [4.69, 9.17) is 0 Å². The van der Waals surface area contributed by atoms with Gasteiger partial charge in [0, 0.05) is 50.4 Å². The van der Waals surface area contributed by atoms with Crippen LogP contribution in [0.4, 0.5) is 4.39 Å². The second kappa shape index (κ2) is 6.20. The summed E-state index contributed by atoms with van der Waals surface area (Å²) in [6, 6.07) is 12.6. The second-order valence-electron chi connectivity index (χ2n) is 7.15. The first-order chi connectivity index (χ1) is 12.5. The molecule has 2 atom stereocenters. The fraction of sp³-hybridized carbons (Fsp3) is 0.350. The molecule has 0 bridgehead atoms. The van der Waals surface area contributed by atoms with Gasteiger partial charge in [0.2, 0.25) is 11.9 Å². The summed E-state index contributed by atoms with van der Waals surface area (Å²) in [4.78, 5) is 32.7. The Morgan fingerprint density at radius 1 is 1.27 bits per heavy atom. The summed E-state index contributed by atoms with van der Waals surface area (Å²) in [6.07, 6.45) is 1.91. The number of nitrogens with zero attached hydrogens (tertiary/aromatic N) is 3. The van der Waals surface area contributed by atoms with E-state index < -0.39 is 11.4 Å². The molecule has 134 valence electrons.